The fourth-order valence-corrected chi connectivity index (χ4v) is 2.92. The molecule has 0 aromatic heterocycles. The Kier molecular flexibility index (Phi) is 7.87. The molecule has 0 radical (unpaired) electrons. The van der Waals surface area contributed by atoms with Gasteiger partial charge in [0.15, 0.2) is 0 Å². The second-order valence-electron chi connectivity index (χ2n) is 4.06. The molecular formula is C11H25NS. The molecule has 0 aliphatic heterocycles. The van der Waals surface area contributed by atoms with Gasteiger partial charge in [0.1, 0.15) is 0 Å². The minimum absolute atomic E-state index is 0.678. The number of hydrogen-bond acceptors (Lipinski definition) is 2. The zero-order chi connectivity index (χ0) is 10.3. The fraction of sp³-hybridized carbons (Fsp3) is 1.00. The van der Waals surface area contributed by atoms with E-state index in [0.29, 0.717) is 6.04 Å². The molecular weight excluding hydrogens is 178 g/mol. The summed E-state index contributed by atoms with van der Waals surface area (Å²) in [5.41, 5.74) is 0. The van der Waals surface area contributed by atoms with Crippen LogP contribution in [0.15, 0.2) is 0 Å². The third-order valence-corrected chi connectivity index (χ3v) is 3.78. The highest BCUT2D eigenvalue weighted by atomic mass is 32.2. The monoisotopic (exact) mass is 203 g/mol. The van der Waals surface area contributed by atoms with Gasteiger partial charge in [-0.1, -0.05) is 27.7 Å². The van der Waals surface area contributed by atoms with Crippen molar-refractivity contribution in [2.75, 3.05) is 12.8 Å². The minimum atomic E-state index is 0.678. The van der Waals surface area contributed by atoms with E-state index in [1.165, 1.54) is 18.6 Å². The van der Waals surface area contributed by atoms with Crippen LogP contribution in [-0.2, 0) is 0 Å². The van der Waals surface area contributed by atoms with Crippen LogP contribution in [0.25, 0.3) is 0 Å². The Labute approximate surface area is 88.1 Å². The highest BCUT2D eigenvalue weighted by molar-refractivity contribution is 7.99. The van der Waals surface area contributed by atoms with Crippen molar-refractivity contribution in [3.8, 4) is 0 Å². The van der Waals surface area contributed by atoms with Gasteiger partial charge in [-0.15, -0.1) is 0 Å². The van der Waals surface area contributed by atoms with Crippen LogP contribution in [0.3, 0.4) is 0 Å². The van der Waals surface area contributed by atoms with Crippen molar-refractivity contribution in [1.82, 2.24) is 5.32 Å². The van der Waals surface area contributed by atoms with Gasteiger partial charge in [-0.25, -0.2) is 0 Å². The summed E-state index contributed by atoms with van der Waals surface area (Å²) in [5.74, 6) is 2.14. The molecule has 0 saturated carbocycles. The summed E-state index contributed by atoms with van der Waals surface area (Å²) in [4.78, 5) is 0. The Bertz CT molecular complexity index is 111. The summed E-state index contributed by atoms with van der Waals surface area (Å²) in [5, 5.41) is 4.11. The van der Waals surface area contributed by atoms with Crippen LogP contribution in [0.1, 0.15) is 40.5 Å². The van der Waals surface area contributed by atoms with Crippen LogP contribution in [0.5, 0.6) is 0 Å². The molecule has 0 saturated heterocycles. The molecule has 13 heavy (non-hydrogen) atoms. The Morgan fingerprint density at radius 3 is 2.23 bits per heavy atom. The summed E-state index contributed by atoms with van der Waals surface area (Å²) in [6, 6.07) is 0.678. The molecule has 80 valence electrons. The third kappa shape index (κ3) is 6.39. The number of thioether (sulfide) groups is 1. The second kappa shape index (κ2) is 7.69. The number of hydrogen-bond donors (Lipinski definition) is 1. The highest BCUT2D eigenvalue weighted by Crippen LogP contribution is 2.18. The van der Waals surface area contributed by atoms with Crippen molar-refractivity contribution in [1.29, 1.82) is 0 Å². The zero-order valence-corrected chi connectivity index (χ0v) is 10.6. The van der Waals surface area contributed by atoms with Gasteiger partial charge in [0.25, 0.3) is 0 Å². The van der Waals surface area contributed by atoms with E-state index in [-0.39, 0.29) is 0 Å². The summed E-state index contributed by atoms with van der Waals surface area (Å²) in [6.07, 6.45) is 2.57. The predicted molar refractivity (Wildman–Crippen MR) is 64.5 cm³/mol. The van der Waals surface area contributed by atoms with E-state index in [9.17, 15) is 0 Å². The molecule has 0 rings (SSSR count). The lowest BCUT2D eigenvalue weighted by atomic mass is 10.2. The summed E-state index contributed by atoms with van der Waals surface area (Å²) in [7, 11) is 2.06. The first-order valence-electron chi connectivity index (χ1n) is 5.40. The molecule has 0 aliphatic carbocycles. The number of nitrogens with one attached hydrogen (secondary N) is 1. The van der Waals surface area contributed by atoms with Gasteiger partial charge in [0.05, 0.1) is 0 Å². The molecule has 0 aromatic carbocycles. The smallest absolute Gasteiger partial charge is 0.0178 e. The Balaban J connectivity index is 3.53. The molecule has 1 N–H and O–H groups in total. The lowest BCUT2D eigenvalue weighted by Gasteiger charge is -2.21. The molecule has 0 fully saturated rings. The largest absolute Gasteiger partial charge is 0.316 e. The van der Waals surface area contributed by atoms with Gasteiger partial charge in [-0.3, -0.25) is 0 Å². The van der Waals surface area contributed by atoms with Gasteiger partial charge in [-0.2, -0.15) is 11.8 Å². The van der Waals surface area contributed by atoms with Gasteiger partial charge in [0, 0.05) is 11.3 Å². The maximum atomic E-state index is 3.37. The van der Waals surface area contributed by atoms with E-state index < -0.39 is 0 Å². The van der Waals surface area contributed by atoms with Crippen molar-refractivity contribution < 1.29 is 0 Å². The van der Waals surface area contributed by atoms with Crippen LogP contribution in [0.2, 0.25) is 0 Å². The van der Waals surface area contributed by atoms with Crippen LogP contribution in [-0.4, -0.2) is 24.1 Å². The lowest BCUT2D eigenvalue weighted by Crippen LogP contribution is -2.33. The maximum Gasteiger partial charge on any atom is 0.0178 e. The summed E-state index contributed by atoms with van der Waals surface area (Å²) >= 11 is 2.10. The molecule has 0 spiro atoms. The molecule has 1 nitrogen and oxygen atoms in total. The lowest BCUT2D eigenvalue weighted by molar-refractivity contribution is 0.540. The van der Waals surface area contributed by atoms with E-state index in [4.69, 9.17) is 0 Å². The van der Waals surface area contributed by atoms with Crippen molar-refractivity contribution >= 4 is 11.8 Å². The third-order valence-electron chi connectivity index (χ3n) is 2.45. The van der Waals surface area contributed by atoms with Crippen molar-refractivity contribution in [2.45, 2.75) is 51.8 Å². The average Bonchev–Trinajstić information content (AvgIpc) is 2.05. The standard InChI is InChI=1S/C11H25NS/c1-6-11(12-5)10(4)13-8-7-9(2)3/h9-12H,6-8H2,1-5H3. The Morgan fingerprint density at radius 1 is 1.23 bits per heavy atom. The van der Waals surface area contributed by atoms with Crippen LogP contribution >= 0.6 is 11.8 Å². The first-order valence-corrected chi connectivity index (χ1v) is 6.45. The van der Waals surface area contributed by atoms with Gasteiger partial charge < -0.3 is 5.32 Å². The van der Waals surface area contributed by atoms with E-state index in [1.54, 1.807) is 0 Å². The van der Waals surface area contributed by atoms with Gasteiger partial charge in [0.2, 0.25) is 0 Å². The molecule has 2 atom stereocenters. The van der Waals surface area contributed by atoms with E-state index in [0.717, 1.165) is 11.2 Å². The Hall–Kier alpha value is 0.310. The first kappa shape index (κ1) is 13.3. The summed E-state index contributed by atoms with van der Waals surface area (Å²) < 4.78 is 0. The molecule has 0 bridgehead atoms. The van der Waals surface area contributed by atoms with Crippen molar-refractivity contribution in [3.05, 3.63) is 0 Å². The average molecular weight is 203 g/mol. The first-order chi connectivity index (χ1) is 6.11. The topological polar surface area (TPSA) is 12.0 Å². The normalized spacial score (nSPS) is 16.2. The molecule has 0 aromatic rings. The van der Waals surface area contributed by atoms with E-state index in [2.05, 4.69) is 51.8 Å². The second-order valence-corrected chi connectivity index (χ2v) is 5.55. The van der Waals surface area contributed by atoms with E-state index in [1.807, 2.05) is 0 Å². The van der Waals surface area contributed by atoms with Gasteiger partial charge >= 0.3 is 0 Å². The van der Waals surface area contributed by atoms with Crippen molar-refractivity contribution in [3.63, 3.8) is 0 Å². The predicted octanol–water partition coefficient (Wildman–Crippen LogP) is 3.15. The molecule has 0 heterocycles. The maximum absolute atomic E-state index is 3.37. The van der Waals surface area contributed by atoms with Crippen LogP contribution < -0.4 is 5.32 Å². The SMILES string of the molecule is CCC(NC)C(C)SCCC(C)C. The Morgan fingerprint density at radius 2 is 1.85 bits per heavy atom. The van der Waals surface area contributed by atoms with Crippen molar-refractivity contribution in [2.24, 2.45) is 5.92 Å². The molecule has 2 unspecified atom stereocenters. The van der Waals surface area contributed by atoms with E-state index >= 15 is 0 Å². The molecule has 2 heteroatoms. The zero-order valence-electron chi connectivity index (χ0n) is 9.76. The van der Waals surface area contributed by atoms with Gasteiger partial charge in [-0.05, 0) is 31.6 Å². The number of rotatable bonds is 7. The fourth-order valence-electron chi connectivity index (χ4n) is 1.38. The quantitative estimate of drug-likeness (QED) is 0.682. The molecule has 0 amide bonds. The minimum Gasteiger partial charge on any atom is -0.316 e. The molecule has 0 aliphatic rings. The van der Waals surface area contributed by atoms with Crippen LogP contribution in [0, 0.1) is 5.92 Å². The highest BCUT2D eigenvalue weighted by Gasteiger charge is 2.12. The van der Waals surface area contributed by atoms with Crippen LogP contribution in [0.4, 0.5) is 0 Å². The summed E-state index contributed by atoms with van der Waals surface area (Å²) in [6.45, 7) is 9.16.